The number of amides is 1. The molecule has 4 rings (SSSR count). The number of carbonyl (C=O) groups excluding carboxylic acids is 1. The van der Waals surface area contributed by atoms with E-state index in [0.717, 1.165) is 28.3 Å². The van der Waals surface area contributed by atoms with Crippen LogP contribution in [0, 0.1) is 0 Å². The topological polar surface area (TPSA) is 51.7 Å². The van der Waals surface area contributed by atoms with E-state index in [9.17, 15) is 4.79 Å². The van der Waals surface area contributed by atoms with Gasteiger partial charge in [0.1, 0.15) is 13.2 Å². The smallest absolute Gasteiger partial charge is 0.233 e. The van der Waals surface area contributed by atoms with Crippen LogP contribution in [0.1, 0.15) is 30.7 Å². The Hall–Kier alpha value is -3.34. The molecule has 0 radical (unpaired) electrons. The number of pyridine rings is 1. The molecule has 1 aliphatic rings. The van der Waals surface area contributed by atoms with Gasteiger partial charge in [-0.15, -0.1) is 0 Å². The fourth-order valence-electron chi connectivity index (χ4n) is 3.67. The summed E-state index contributed by atoms with van der Waals surface area (Å²) in [5.41, 5.74) is 2.17. The standard InChI is InChI=1S/C25H26N2O3/c1-25(2,20-8-4-3-5-9-20)24(28)27(18-21-10-6-7-13-26-21)17-19-11-12-22-23(16-19)30-15-14-29-22/h3-13,16H,14-15,17-18H2,1-2H3. The number of aromatic nitrogens is 1. The van der Waals surface area contributed by atoms with E-state index in [-0.39, 0.29) is 5.91 Å². The second-order valence-corrected chi connectivity index (χ2v) is 7.95. The van der Waals surface area contributed by atoms with Crippen LogP contribution < -0.4 is 9.47 Å². The van der Waals surface area contributed by atoms with E-state index in [0.29, 0.717) is 26.3 Å². The number of fused-ring (bicyclic) bond motifs is 1. The van der Waals surface area contributed by atoms with Crippen LogP contribution in [0.25, 0.3) is 0 Å². The van der Waals surface area contributed by atoms with Crippen molar-refractivity contribution in [2.24, 2.45) is 0 Å². The molecular formula is C25H26N2O3. The molecule has 154 valence electrons. The van der Waals surface area contributed by atoms with Crippen LogP contribution in [0.15, 0.2) is 72.9 Å². The van der Waals surface area contributed by atoms with Gasteiger partial charge in [0.2, 0.25) is 5.91 Å². The summed E-state index contributed by atoms with van der Waals surface area (Å²) >= 11 is 0. The lowest BCUT2D eigenvalue weighted by atomic mass is 9.83. The zero-order chi connectivity index (χ0) is 21.0. The van der Waals surface area contributed by atoms with Crippen molar-refractivity contribution in [1.82, 2.24) is 9.88 Å². The van der Waals surface area contributed by atoms with E-state index in [1.807, 2.05) is 85.5 Å². The van der Waals surface area contributed by atoms with Crippen LogP contribution in [-0.2, 0) is 23.3 Å². The minimum absolute atomic E-state index is 0.0502. The molecule has 1 aliphatic heterocycles. The van der Waals surface area contributed by atoms with Gasteiger partial charge in [0.25, 0.3) is 0 Å². The zero-order valence-electron chi connectivity index (χ0n) is 17.4. The largest absolute Gasteiger partial charge is 0.486 e. The molecule has 0 spiro atoms. The molecule has 0 N–H and O–H groups in total. The second kappa shape index (κ2) is 8.57. The Morgan fingerprint density at radius 3 is 2.40 bits per heavy atom. The molecule has 0 saturated carbocycles. The summed E-state index contributed by atoms with van der Waals surface area (Å²) in [5, 5.41) is 0. The summed E-state index contributed by atoms with van der Waals surface area (Å²) in [5.74, 6) is 1.53. The third-order valence-electron chi connectivity index (χ3n) is 5.38. The molecule has 2 aromatic carbocycles. The van der Waals surface area contributed by atoms with E-state index in [2.05, 4.69) is 4.98 Å². The maximum Gasteiger partial charge on any atom is 0.233 e. The van der Waals surface area contributed by atoms with Gasteiger partial charge < -0.3 is 14.4 Å². The highest BCUT2D eigenvalue weighted by atomic mass is 16.6. The average Bonchev–Trinajstić information content (AvgIpc) is 2.79. The van der Waals surface area contributed by atoms with Crippen LogP contribution in [0.2, 0.25) is 0 Å². The molecule has 0 bridgehead atoms. The quantitative estimate of drug-likeness (QED) is 0.615. The van der Waals surface area contributed by atoms with Crippen molar-refractivity contribution in [1.29, 1.82) is 0 Å². The summed E-state index contributed by atoms with van der Waals surface area (Å²) in [6.07, 6.45) is 1.75. The van der Waals surface area contributed by atoms with Crippen LogP contribution in [0.4, 0.5) is 0 Å². The van der Waals surface area contributed by atoms with Crippen LogP contribution in [0.5, 0.6) is 11.5 Å². The number of benzene rings is 2. The van der Waals surface area contributed by atoms with Crippen LogP contribution in [0.3, 0.4) is 0 Å². The van der Waals surface area contributed by atoms with Crippen molar-refractivity contribution in [2.75, 3.05) is 13.2 Å². The predicted octanol–water partition coefficient (Wildman–Crippen LogP) is 4.36. The van der Waals surface area contributed by atoms with Crippen molar-refractivity contribution in [3.05, 3.63) is 89.7 Å². The molecule has 1 aromatic heterocycles. The highest BCUT2D eigenvalue weighted by Crippen LogP contribution is 2.32. The third kappa shape index (κ3) is 4.30. The van der Waals surface area contributed by atoms with Gasteiger partial charge in [0.15, 0.2) is 11.5 Å². The van der Waals surface area contributed by atoms with Crippen molar-refractivity contribution < 1.29 is 14.3 Å². The van der Waals surface area contributed by atoms with Gasteiger partial charge in [-0.1, -0.05) is 42.5 Å². The highest BCUT2D eigenvalue weighted by molar-refractivity contribution is 5.87. The zero-order valence-corrected chi connectivity index (χ0v) is 17.4. The number of hydrogen-bond donors (Lipinski definition) is 0. The first kappa shape index (κ1) is 20.0. The number of rotatable bonds is 6. The number of nitrogens with zero attached hydrogens (tertiary/aromatic N) is 2. The molecule has 0 fully saturated rings. The second-order valence-electron chi connectivity index (χ2n) is 7.95. The monoisotopic (exact) mass is 402 g/mol. The molecule has 3 aromatic rings. The molecule has 5 heteroatoms. The fourth-order valence-corrected chi connectivity index (χ4v) is 3.67. The Kier molecular flexibility index (Phi) is 5.70. The summed E-state index contributed by atoms with van der Waals surface area (Å²) in [6.45, 7) is 5.93. The van der Waals surface area contributed by atoms with Gasteiger partial charge in [-0.3, -0.25) is 9.78 Å². The Balaban J connectivity index is 1.63. The van der Waals surface area contributed by atoms with Crippen LogP contribution >= 0.6 is 0 Å². The minimum atomic E-state index is -0.663. The van der Waals surface area contributed by atoms with Gasteiger partial charge >= 0.3 is 0 Å². The summed E-state index contributed by atoms with van der Waals surface area (Å²) in [4.78, 5) is 20.0. The lowest BCUT2D eigenvalue weighted by Gasteiger charge is -2.32. The normalized spacial score (nSPS) is 13.0. The Morgan fingerprint density at radius 2 is 1.67 bits per heavy atom. The van der Waals surface area contributed by atoms with E-state index in [1.165, 1.54) is 0 Å². The number of ether oxygens (including phenoxy) is 2. The maximum atomic E-state index is 13.7. The Labute approximate surface area is 177 Å². The molecule has 5 nitrogen and oxygen atoms in total. The van der Waals surface area contributed by atoms with Gasteiger partial charge in [0, 0.05) is 12.7 Å². The van der Waals surface area contributed by atoms with Gasteiger partial charge in [-0.25, -0.2) is 0 Å². The average molecular weight is 402 g/mol. The predicted molar refractivity (Wildman–Crippen MR) is 115 cm³/mol. The molecule has 30 heavy (non-hydrogen) atoms. The van der Waals surface area contributed by atoms with Crippen molar-refractivity contribution in [3.63, 3.8) is 0 Å². The SMILES string of the molecule is CC(C)(C(=O)N(Cc1ccc2c(c1)OCCO2)Cc1ccccn1)c1ccccc1. The van der Waals surface area contributed by atoms with Crippen molar-refractivity contribution in [2.45, 2.75) is 32.4 Å². The molecule has 0 saturated heterocycles. The van der Waals surface area contributed by atoms with E-state index >= 15 is 0 Å². The number of carbonyl (C=O) groups is 1. The van der Waals surface area contributed by atoms with Gasteiger partial charge in [0.05, 0.1) is 17.7 Å². The Morgan fingerprint density at radius 1 is 0.933 bits per heavy atom. The first-order valence-corrected chi connectivity index (χ1v) is 10.2. The van der Waals surface area contributed by atoms with E-state index in [4.69, 9.17) is 9.47 Å². The molecule has 2 heterocycles. The van der Waals surface area contributed by atoms with Crippen LogP contribution in [-0.4, -0.2) is 29.0 Å². The lowest BCUT2D eigenvalue weighted by molar-refractivity contribution is -0.137. The third-order valence-corrected chi connectivity index (χ3v) is 5.38. The minimum Gasteiger partial charge on any atom is -0.486 e. The highest BCUT2D eigenvalue weighted by Gasteiger charge is 2.34. The molecule has 0 aliphatic carbocycles. The first-order valence-electron chi connectivity index (χ1n) is 10.2. The summed E-state index contributed by atoms with van der Waals surface area (Å²) < 4.78 is 11.3. The van der Waals surface area contributed by atoms with Crippen molar-refractivity contribution >= 4 is 5.91 Å². The summed E-state index contributed by atoms with van der Waals surface area (Å²) in [7, 11) is 0. The summed E-state index contributed by atoms with van der Waals surface area (Å²) in [6, 6.07) is 21.5. The molecule has 0 atom stereocenters. The molecule has 0 unspecified atom stereocenters. The molecule has 1 amide bonds. The fraction of sp³-hybridized carbons (Fsp3) is 0.280. The number of hydrogen-bond acceptors (Lipinski definition) is 4. The molecular weight excluding hydrogens is 376 g/mol. The van der Waals surface area contributed by atoms with Crippen molar-refractivity contribution in [3.8, 4) is 11.5 Å². The van der Waals surface area contributed by atoms with Gasteiger partial charge in [-0.05, 0) is 49.2 Å². The van der Waals surface area contributed by atoms with E-state index in [1.54, 1.807) is 6.20 Å². The Bertz CT molecular complexity index is 1000. The maximum absolute atomic E-state index is 13.7. The first-order chi connectivity index (χ1) is 14.5. The van der Waals surface area contributed by atoms with E-state index < -0.39 is 5.41 Å². The lowest BCUT2D eigenvalue weighted by Crippen LogP contribution is -2.43. The van der Waals surface area contributed by atoms with Gasteiger partial charge in [-0.2, -0.15) is 0 Å².